The highest BCUT2D eigenvalue weighted by Crippen LogP contribution is 2.31. The largest absolute Gasteiger partial charge is 0.492 e. The topological polar surface area (TPSA) is 102 Å². The number of sulfonamides is 1. The summed E-state index contributed by atoms with van der Waals surface area (Å²) in [4.78, 5) is 12.5. The summed E-state index contributed by atoms with van der Waals surface area (Å²) in [5.74, 6) is 0.438. The molecule has 3 rings (SSSR count). The van der Waals surface area contributed by atoms with E-state index in [4.69, 9.17) is 10.5 Å². The first-order valence-corrected chi connectivity index (χ1v) is 10.1. The van der Waals surface area contributed by atoms with Crippen LogP contribution in [-0.2, 0) is 16.4 Å². The Morgan fingerprint density at radius 1 is 1.22 bits per heavy atom. The summed E-state index contributed by atoms with van der Waals surface area (Å²) in [5, 5.41) is 2.82. The number of hydrogen-bond acceptors (Lipinski definition) is 5. The van der Waals surface area contributed by atoms with Gasteiger partial charge in [-0.25, -0.2) is 8.42 Å². The molecule has 0 fully saturated rings. The summed E-state index contributed by atoms with van der Waals surface area (Å²) >= 11 is 0. The third-order valence-electron chi connectivity index (χ3n) is 4.09. The molecule has 0 saturated carbocycles. The molecule has 1 aliphatic rings. The average molecular weight is 412 g/mol. The summed E-state index contributed by atoms with van der Waals surface area (Å²) in [6.07, 6.45) is 1.78. The smallest absolute Gasteiger partial charge is 0.255 e. The van der Waals surface area contributed by atoms with E-state index < -0.39 is 10.0 Å². The van der Waals surface area contributed by atoms with Crippen LogP contribution in [0.25, 0.3) is 0 Å². The van der Waals surface area contributed by atoms with Crippen LogP contribution >= 0.6 is 12.4 Å². The molecule has 0 bridgehead atoms. The molecule has 1 heterocycles. The highest BCUT2D eigenvalue weighted by molar-refractivity contribution is 7.92. The Balaban J connectivity index is 0.00000261. The minimum atomic E-state index is -3.30. The zero-order valence-electron chi connectivity index (χ0n) is 14.8. The number of anilines is 2. The number of benzene rings is 2. The monoisotopic (exact) mass is 411 g/mol. The number of hydrogen-bond donors (Lipinski definition) is 2. The van der Waals surface area contributed by atoms with Crippen LogP contribution in [0.5, 0.6) is 5.75 Å². The number of nitrogens with one attached hydrogen (secondary N) is 1. The molecule has 0 unspecified atom stereocenters. The SMILES string of the molecule is CS(=O)(=O)N1CCc2cc(C(=O)Nc3ccc(OCCN)cc3)ccc21.Cl. The fourth-order valence-electron chi connectivity index (χ4n) is 2.87. The Bertz CT molecular complexity index is 917. The standard InChI is InChI=1S/C18H21N3O4S.ClH/c1-26(23,24)21-10-8-13-12-14(2-7-17(13)21)18(22)20-15-3-5-16(6-4-15)25-11-9-19;/h2-7,12H,8-11,19H2,1H3,(H,20,22);1H. The van der Waals surface area contributed by atoms with Crippen molar-refractivity contribution in [3.05, 3.63) is 53.6 Å². The lowest BCUT2D eigenvalue weighted by Crippen LogP contribution is -2.27. The molecular formula is C18H22ClN3O4S. The molecule has 1 aliphatic heterocycles. The molecule has 27 heavy (non-hydrogen) atoms. The van der Waals surface area contributed by atoms with Gasteiger partial charge in [0.1, 0.15) is 12.4 Å². The van der Waals surface area contributed by atoms with Crippen LogP contribution < -0.4 is 20.1 Å². The van der Waals surface area contributed by atoms with Gasteiger partial charge in [-0.1, -0.05) is 0 Å². The van der Waals surface area contributed by atoms with Crippen LogP contribution in [0, 0.1) is 0 Å². The Kier molecular flexibility index (Phi) is 6.69. The second-order valence-corrected chi connectivity index (χ2v) is 7.95. The number of nitrogens with zero attached hydrogens (tertiary/aromatic N) is 1. The number of halogens is 1. The minimum Gasteiger partial charge on any atom is -0.492 e. The maximum absolute atomic E-state index is 12.5. The van der Waals surface area contributed by atoms with Crippen molar-refractivity contribution in [1.82, 2.24) is 0 Å². The maximum atomic E-state index is 12.5. The van der Waals surface area contributed by atoms with Crippen molar-refractivity contribution in [3.8, 4) is 5.75 Å². The number of fused-ring (bicyclic) bond motifs is 1. The van der Waals surface area contributed by atoms with E-state index in [0.29, 0.717) is 48.8 Å². The van der Waals surface area contributed by atoms with E-state index in [0.717, 1.165) is 5.56 Å². The van der Waals surface area contributed by atoms with E-state index in [1.54, 1.807) is 42.5 Å². The Morgan fingerprint density at radius 2 is 1.93 bits per heavy atom. The lowest BCUT2D eigenvalue weighted by molar-refractivity contribution is 0.102. The molecular weight excluding hydrogens is 390 g/mol. The average Bonchev–Trinajstić information content (AvgIpc) is 3.04. The summed E-state index contributed by atoms with van der Waals surface area (Å²) in [5.41, 5.74) is 8.02. The van der Waals surface area contributed by atoms with E-state index in [2.05, 4.69) is 5.32 Å². The van der Waals surface area contributed by atoms with Gasteiger partial charge in [0.15, 0.2) is 0 Å². The van der Waals surface area contributed by atoms with Gasteiger partial charge >= 0.3 is 0 Å². The van der Waals surface area contributed by atoms with E-state index >= 15 is 0 Å². The van der Waals surface area contributed by atoms with Crippen molar-refractivity contribution in [2.45, 2.75) is 6.42 Å². The molecule has 7 nitrogen and oxygen atoms in total. The molecule has 0 aliphatic carbocycles. The van der Waals surface area contributed by atoms with E-state index in [-0.39, 0.29) is 18.3 Å². The lowest BCUT2D eigenvalue weighted by Gasteiger charge is -2.16. The molecule has 0 atom stereocenters. The van der Waals surface area contributed by atoms with Gasteiger partial charge in [0.25, 0.3) is 5.91 Å². The number of carbonyl (C=O) groups is 1. The van der Waals surface area contributed by atoms with Gasteiger partial charge in [-0.05, 0) is 54.4 Å². The van der Waals surface area contributed by atoms with Crippen molar-refractivity contribution in [1.29, 1.82) is 0 Å². The third kappa shape index (κ3) is 4.91. The predicted molar refractivity (Wildman–Crippen MR) is 109 cm³/mol. The first-order chi connectivity index (χ1) is 12.4. The molecule has 146 valence electrons. The van der Waals surface area contributed by atoms with Crippen molar-refractivity contribution in [2.24, 2.45) is 5.73 Å². The minimum absolute atomic E-state index is 0. The summed E-state index contributed by atoms with van der Waals surface area (Å²) < 4.78 is 30.3. The molecule has 0 radical (unpaired) electrons. The van der Waals surface area contributed by atoms with Crippen LogP contribution in [0.4, 0.5) is 11.4 Å². The molecule has 0 aromatic heterocycles. The van der Waals surface area contributed by atoms with Gasteiger partial charge in [0.2, 0.25) is 10.0 Å². The second kappa shape index (κ2) is 8.60. The quantitative estimate of drug-likeness (QED) is 0.757. The molecule has 9 heteroatoms. The van der Waals surface area contributed by atoms with Crippen molar-refractivity contribution in [2.75, 3.05) is 35.6 Å². The molecule has 1 amide bonds. The molecule has 3 N–H and O–H groups in total. The summed E-state index contributed by atoms with van der Waals surface area (Å²) in [6, 6.07) is 12.1. The van der Waals surface area contributed by atoms with Gasteiger partial charge in [-0.3, -0.25) is 9.10 Å². The fraction of sp³-hybridized carbons (Fsp3) is 0.278. The third-order valence-corrected chi connectivity index (χ3v) is 5.27. The van der Waals surface area contributed by atoms with Crippen LogP contribution in [0.2, 0.25) is 0 Å². The van der Waals surface area contributed by atoms with Crippen LogP contribution in [0.3, 0.4) is 0 Å². The number of carbonyl (C=O) groups excluding carboxylic acids is 1. The van der Waals surface area contributed by atoms with E-state index in [1.165, 1.54) is 10.6 Å². The Morgan fingerprint density at radius 3 is 2.56 bits per heavy atom. The van der Waals surface area contributed by atoms with Crippen LogP contribution in [0.1, 0.15) is 15.9 Å². The number of rotatable bonds is 6. The van der Waals surface area contributed by atoms with Gasteiger partial charge in [-0.15, -0.1) is 12.4 Å². The highest BCUT2D eigenvalue weighted by Gasteiger charge is 2.26. The fourth-order valence-corrected chi connectivity index (χ4v) is 3.83. The van der Waals surface area contributed by atoms with Gasteiger partial charge < -0.3 is 15.8 Å². The summed E-state index contributed by atoms with van der Waals surface area (Å²) in [6.45, 7) is 1.28. The normalized spacial score (nSPS) is 12.9. The Hall–Kier alpha value is -2.29. The second-order valence-electron chi connectivity index (χ2n) is 6.04. The van der Waals surface area contributed by atoms with Gasteiger partial charge in [-0.2, -0.15) is 0 Å². The highest BCUT2D eigenvalue weighted by atomic mass is 35.5. The van der Waals surface area contributed by atoms with Crippen LogP contribution in [0.15, 0.2) is 42.5 Å². The first kappa shape index (κ1) is 21.0. The zero-order chi connectivity index (χ0) is 18.7. The van der Waals surface area contributed by atoms with Gasteiger partial charge in [0.05, 0.1) is 11.9 Å². The van der Waals surface area contributed by atoms with Gasteiger partial charge in [0, 0.05) is 24.3 Å². The zero-order valence-corrected chi connectivity index (χ0v) is 16.5. The van der Waals surface area contributed by atoms with Crippen molar-refractivity contribution in [3.63, 3.8) is 0 Å². The molecule has 0 spiro atoms. The van der Waals surface area contributed by atoms with Crippen molar-refractivity contribution < 1.29 is 17.9 Å². The number of amides is 1. The Labute approximate surface area is 165 Å². The number of nitrogens with two attached hydrogens (primary N) is 1. The number of ether oxygens (including phenoxy) is 1. The first-order valence-electron chi connectivity index (χ1n) is 8.23. The molecule has 0 saturated heterocycles. The van der Waals surface area contributed by atoms with E-state index in [9.17, 15) is 13.2 Å². The molecule has 2 aromatic carbocycles. The predicted octanol–water partition coefficient (Wildman–Crippen LogP) is 2.02. The van der Waals surface area contributed by atoms with Crippen LogP contribution in [-0.4, -0.2) is 40.3 Å². The van der Waals surface area contributed by atoms with Crippen molar-refractivity contribution >= 4 is 39.7 Å². The van der Waals surface area contributed by atoms with E-state index in [1.807, 2.05) is 0 Å². The lowest BCUT2D eigenvalue weighted by atomic mass is 10.1. The summed E-state index contributed by atoms with van der Waals surface area (Å²) in [7, 11) is -3.30. The maximum Gasteiger partial charge on any atom is 0.255 e. The molecule has 2 aromatic rings.